The number of hydrogen-bond donors (Lipinski definition) is 0. The van der Waals surface area contributed by atoms with Crippen molar-refractivity contribution < 1.29 is 13.9 Å². The first-order valence-corrected chi connectivity index (χ1v) is 8.22. The van der Waals surface area contributed by atoms with Crippen molar-refractivity contribution in [1.82, 2.24) is 20.0 Å². The summed E-state index contributed by atoms with van der Waals surface area (Å²) in [5.41, 5.74) is 3.30. The van der Waals surface area contributed by atoms with Gasteiger partial charge in [-0.15, -0.1) is 10.2 Å². The van der Waals surface area contributed by atoms with E-state index < -0.39 is 5.60 Å². The molecule has 1 aromatic carbocycles. The highest BCUT2D eigenvalue weighted by atomic mass is 16.6. The van der Waals surface area contributed by atoms with Crippen molar-refractivity contribution in [1.29, 1.82) is 0 Å². The summed E-state index contributed by atoms with van der Waals surface area (Å²) in [5.74, 6) is 0.934. The van der Waals surface area contributed by atoms with Crippen LogP contribution >= 0.6 is 0 Å². The van der Waals surface area contributed by atoms with Crippen molar-refractivity contribution in [3.8, 4) is 17.1 Å². The Labute approximate surface area is 145 Å². The molecule has 1 aliphatic rings. The Morgan fingerprint density at radius 3 is 2.56 bits per heavy atom. The van der Waals surface area contributed by atoms with Crippen LogP contribution in [0.5, 0.6) is 0 Å². The molecule has 3 aromatic rings. The summed E-state index contributed by atoms with van der Waals surface area (Å²) in [6, 6.07) is 9.93. The third kappa shape index (κ3) is 2.75. The summed E-state index contributed by atoms with van der Waals surface area (Å²) >= 11 is 0. The van der Waals surface area contributed by atoms with Crippen molar-refractivity contribution in [2.45, 2.75) is 25.9 Å². The summed E-state index contributed by atoms with van der Waals surface area (Å²) in [7, 11) is 1.64. The van der Waals surface area contributed by atoms with Gasteiger partial charge in [-0.05, 0) is 44.2 Å². The van der Waals surface area contributed by atoms with Crippen molar-refractivity contribution in [2.75, 3.05) is 20.3 Å². The van der Waals surface area contributed by atoms with Gasteiger partial charge in [-0.3, -0.25) is 0 Å². The predicted molar refractivity (Wildman–Crippen MR) is 90.5 cm³/mol. The van der Waals surface area contributed by atoms with Gasteiger partial charge in [-0.2, -0.15) is 5.10 Å². The lowest BCUT2D eigenvalue weighted by Gasteiger charge is -2.20. The molecule has 0 spiro atoms. The fourth-order valence-corrected chi connectivity index (χ4v) is 3.12. The van der Waals surface area contributed by atoms with Crippen molar-refractivity contribution in [2.24, 2.45) is 0 Å². The molecular formula is C18H20N4O3. The average molecular weight is 340 g/mol. The summed E-state index contributed by atoms with van der Waals surface area (Å²) in [6.07, 6.45) is 0.710. The zero-order valence-corrected chi connectivity index (χ0v) is 14.5. The van der Waals surface area contributed by atoms with Crippen LogP contribution in [-0.4, -0.2) is 40.3 Å². The molecule has 1 fully saturated rings. The van der Waals surface area contributed by atoms with Gasteiger partial charge in [0.1, 0.15) is 0 Å². The Hall–Kier alpha value is -2.51. The zero-order chi connectivity index (χ0) is 17.4. The Kier molecular flexibility index (Phi) is 3.89. The lowest BCUT2D eigenvalue weighted by molar-refractivity contribution is -0.0407. The molecule has 0 N–H and O–H groups in total. The lowest BCUT2D eigenvalue weighted by Crippen LogP contribution is -2.29. The first-order valence-electron chi connectivity index (χ1n) is 8.22. The highest BCUT2D eigenvalue weighted by molar-refractivity contribution is 5.55. The molecule has 25 heavy (non-hydrogen) atoms. The second-order valence-corrected chi connectivity index (χ2v) is 6.30. The molecule has 1 atom stereocenters. The fraction of sp³-hybridized carbons (Fsp3) is 0.389. The smallest absolute Gasteiger partial charge is 0.251 e. The topological polar surface area (TPSA) is 75.2 Å². The highest BCUT2D eigenvalue weighted by Gasteiger charge is 2.42. The Balaban J connectivity index is 1.62. The first-order chi connectivity index (χ1) is 12.1. The molecule has 0 saturated carbocycles. The van der Waals surface area contributed by atoms with Gasteiger partial charge < -0.3 is 13.9 Å². The van der Waals surface area contributed by atoms with E-state index in [1.807, 2.05) is 48.9 Å². The Bertz CT molecular complexity index is 876. The summed E-state index contributed by atoms with van der Waals surface area (Å²) in [5, 5.41) is 12.8. The fourth-order valence-electron chi connectivity index (χ4n) is 3.12. The number of nitrogens with zero attached hydrogens (tertiary/aromatic N) is 4. The number of ether oxygens (including phenoxy) is 2. The normalized spacial score (nSPS) is 20.3. The van der Waals surface area contributed by atoms with Crippen LogP contribution in [0.15, 0.2) is 34.7 Å². The van der Waals surface area contributed by atoms with Crippen LogP contribution < -0.4 is 0 Å². The molecule has 1 saturated heterocycles. The Morgan fingerprint density at radius 2 is 1.96 bits per heavy atom. The number of aromatic nitrogens is 4. The quantitative estimate of drug-likeness (QED) is 0.727. The largest absolute Gasteiger partial charge is 0.417 e. The minimum Gasteiger partial charge on any atom is -0.417 e. The van der Waals surface area contributed by atoms with Gasteiger partial charge in [0, 0.05) is 24.8 Å². The summed E-state index contributed by atoms with van der Waals surface area (Å²) in [4.78, 5) is 0. The second kappa shape index (κ2) is 6.09. The monoisotopic (exact) mass is 340 g/mol. The van der Waals surface area contributed by atoms with Crippen LogP contribution in [0.3, 0.4) is 0 Å². The number of rotatable bonds is 4. The first kappa shape index (κ1) is 16.0. The van der Waals surface area contributed by atoms with E-state index in [1.54, 1.807) is 7.11 Å². The lowest BCUT2D eigenvalue weighted by atomic mass is 10.0. The van der Waals surface area contributed by atoms with E-state index >= 15 is 0 Å². The van der Waals surface area contributed by atoms with E-state index in [4.69, 9.17) is 13.9 Å². The van der Waals surface area contributed by atoms with Crippen LogP contribution in [0.1, 0.15) is 23.7 Å². The SMILES string of the molecule is COC1(c2nnc(-c3ccc(-n4nc(C)cc4C)cc3)o2)CCOC1. The summed E-state index contributed by atoms with van der Waals surface area (Å²) < 4.78 is 18.8. The number of methoxy groups -OCH3 is 1. The standard InChI is InChI=1S/C18H20N4O3/c1-12-10-13(2)22(21-12)15-6-4-14(5-7-15)16-19-20-17(25-16)18(23-3)8-9-24-11-18/h4-7,10H,8-9,11H2,1-3H3. The zero-order valence-electron chi connectivity index (χ0n) is 14.5. The molecule has 1 aliphatic heterocycles. The molecule has 2 aromatic heterocycles. The maximum absolute atomic E-state index is 5.87. The van der Waals surface area contributed by atoms with Crippen LogP contribution in [0, 0.1) is 13.8 Å². The molecule has 3 heterocycles. The van der Waals surface area contributed by atoms with Gasteiger partial charge in [0.25, 0.3) is 5.89 Å². The van der Waals surface area contributed by atoms with Crippen LogP contribution in [0.4, 0.5) is 0 Å². The molecule has 4 rings (SSSR count). The van der Waals surface area contributed by atoms with E-state index in [9.17, 15) is 0 Å². The molecule has 0 aliphatic carbocycles. The van der Waals surface area contributed by atoms with E-state index in [1.165, 1.54) is 0 Å². The van der Waals surface area contributed by atoms with Crippen molar-refractivity contribution >= 4 is 0 Å². The number of benzene rings is 1. The number of aryl methyl sites for hydroxylation is 2. The molecule has 0 amide bonds. The average Bonchev–Trinajstić information content (AvgIpc) is 3.34. The van der Waals surface area contributed by atoms with Gasteiger partial charge in [0.05, 0.1) is 24.6 Å². The highest BCUT2D eigenvalue weighted by Crippen LogP contribution is 2.34. The molecule has 130 valence electrons. The van der Waals surface area contributed by atoms with Gasteiger partial charge in [0.15, 0.2) is 5.60 Å². The minimum atomic E-state index is -0.630. The molecule has 7 heteroatoms. The van der Waals surface area contributed by atoms with Crippen molar-refractivity contribution in [3.05, 3.63) is 47.6 Å². The van der Waals surface area contributed by atoms with Crippen LogP contribution in [-0.2, 0) is 15.1 Å². The van der Waals surface area contributed by atoms with E-state index in [0.717, 1.165) is 22.6 Å². The minimum absolute atomic E-state index is 0.433. The Morgan fingerprint density at radius 1 is 1.16 bits per heavy atom. The number of hydrogen-bond acceptors (Lipinski definition) is 6. The molecule has 0 bridgehead atoms. The maximum Gasteiger partial charge on any atom is 0.251 e. The maximum atomic E-state index is 5.87. The third-order valence-electron chi connectivity index (χ3n) is 4.56. The molecule has 7 nitrogen and oxygen atoms in total. The molecule has 0 radical (unpaired) electrons. The second-order valence-electron chi connectivity index (χ2n) is 6.30. The van der Waals surface area contributed by atoms with Crippen molar-refractivity contribution in [3.63, 3.8) is 0 Å². The van der Waals surface area contributed by atoms with Crippen LogP contribution in [0.2, 0.25) is 0 Å². The summed E-state index contributed by atoms with van der Waals surface area (Å²) in [6.45, 7) is 5.08. The molecule has 1 unspecified atom stereocenters. The van der Waals surface area contributed by atoms with Gasteiger partial charge in [-0.1, -0.05) is 0 Å². The van der Waals surface area contributed by atoms with Gasteiger partial charge in [0.2, 0.25) is 5.89 Å². The van der Waals surface area contributed by atoms with Gasteiger partial charge >= 0.3 is 0 Å². The van der Waals surface area contributed by atoms with Gasteiger partial charge in [-0.25, -0.2) is 4.68 Å². The predicted octanol–water partition coefficient (Wildman–Crippen LogP) is 2.80. The van der Waals surface area contributed by atoms with E-state index in [2.05, 4.69) is 15.3 Å². The van der Waals surface area contributed by atoms with E-state index in [-0.39, 0.29) is 0 Å². The van der Waals surface area contributed by atoms with Crippen LogP contribution in [0.25, 0.3) is 17.1 Å². The van der Waals surface area contributed by atoms with E-state index in [0.29, 0.717) is 31.4 Å². The molecular weight excluding hydrogens is 320 g/mol. The third-order valence-corrected chi connectivity index (χ3v) is 4.56.